The summed E-state index contributed by atoms with van der Waals surface area (Å²) in [5.41, 5.74) is 0.0414. The smallest absolute Gasteiger partial charge is 0.276 e. The largest absolute Gasteiger partial charge is 0.381 e. The minimum Gasteiger partial charge on any atom is -0.381 e. The van der Waals surface area contributed by atoms with Crippen molar-refractivity contribution in [3.05, 3.63) is 22.2 Å². The zero-order valence-electron chi connectivity index (χ0n) is 11.8. The molecular weight excluding hydrogens is 260 g/mol. The van der Waals surface area contributed by atoms with Gasteiger partial charge in [0.25, 0.3) is 5.69 Å². The number of pyridine rings is 1. The Hall–Kier alpha value is -1.89. The van der Waals surface area contributed by atoms with Gasteiger partial charge in [0.1, 0.15) is 11.6 Å². The first kappa shape index (κ1) is 14.5. The minimum atomic E-state index is -0.402. The molecule has 2 rings (SSSR count). The van der Waals surface area contributed by atoms with E-state index >= 15 is 0 Å². The first-order chi connectivity index (χ1) is 9.62. The van der Waals surface area contributed by atoms with E-state index in [9.17, 15) is 10.1 Å². The molecule has 1 aromatic heterocycles. The number of nitro groups is 1. The quantitative estimate of drug-likeness (QED) is 0.614. The van der Waals surface area contributed by atoms with Gasteiger partial charge in [-0.25, -0.2) is 4.98 Å². The van der Waals surface area contributed by atoms with Gasteiger partial charge in [-0.3, -0.25) is 10.1 Å². The molecule has 7 heteroatoms. The maximum absolute atomic E-state index is 10.9. The molecular formula is C13H20N4O3. The van der Waals surface area contributed by atoms with Crippen molar-refractivity contribution in [3.8, 4) is 0 Å². The standard InChI is InChI=1S/C13H20N4O3/c1-3-14-12-7-10(17(18)19)8-13(16-12)15-9-4-5-11(6-9)20-2/h7-9,11H,3-6H2,1-2H3,(H2,14,15,16). The highest BCUT2D eigenvalue weighted by Gasteiger charge is 2.25. The predicted octanol–water partition coefficient (Wildman–Crippen LogP) is 2.40. The fourth-order valence-electron chi connectivity index (χ4n) is 2.46. The number of nitrogens with one attached hydrogen (secondary N) is 2. The zero-order chi connectivity index (χ0) is 14.5. The highest BCUT2D eigenvalue weighted by Crippen LogP contribution is 2.26. The molecule has 2 N–H and O–H groups in total. The molecule has 1 aliphatic rings. The summed E-state index contributed by atoms with van der Waals surface area (Å²) in [7, 11) is 1.71. The van der Waals surface area contributed by atoms with E-state index in [-0.39, 0.29) is 17.8 Å². The molecule has 0 saturated heterocycles. The third kappa shape index (κ3) is 3.57. The molecule has 0 aliphatic heterocycles. The molecule has 1 heterocycles. The van der Waals surface area contributed by atoms with Crippen LogP contribution in [0.5, 0.6) is 0 Å². The van der Waals surface area contributed by atoms with Gasteiger partial charge in [0.15, 0.2) is 0 Å². The van der Waals surface area contributed by atoms with Gasteiger partial charge in [-0.1, -0.05) is 0 Å². The van der Waals surface area contributed by atoms with E-state index in [0.717, 1.165) is 19.3 Å². The molecule has 2 atom stereocenters. The molecule has 20 heavy (non-hydrogen) atoms. The monoisotopic (exact) mass is 280 g/mol. The Morgan fingerprint density at radius 2 is 2.20 bits per heavy atom. The van der Waals surface area contributed by atoms with E-state index < -0.39 is 4.92 Å². The van der Waals surface area contributed by atoms with Crippen LogP contribution in [0.15, 0.2) is 12.1 Å². The van der Waals surface area contributed by atoms with Crippen LogP contribution < -0.4 is 10.6 Å². The Labute approximate surface area is 117 Å². The lowest BCUT2D eigenvalue weighted by Crippen LogP contribution is -2.18. The fourth-order valence-corrected chi connectivity index (χ4v) is 2.46. The van der Waals surface area contributed by atoms with Crippen LogP contribution in [0.2, 0.25) is 0 Å². The maximum atomic E-state index is 10.9. The molecule has 0 radical (unpaired) electrons. The molecule has 0 bridgehead atoms. The summed E-state index contributed by atoms with van der Waals surface area (Å²) in [5.74, 6) is 1.06. The minimum absolute atomic E-state index is 0.0414. The third-order valence-corrected chi connectivity index (χ3v) is 3.45. The maximum Gasteiger partial charge on any atom is 0.276 e. The number of rotatable bonds is 6. The van der Waals surface area contributed by atoms with Gasteiger partial charge in [0.2, 0.25) is 0 Å². The highest BCUT2D eigenvalue weighted by molar-refractivity contribution is 5.55. The Morgan fingerprint density at radius 1 is 1.45 bits per heavy atom. The number of hydrogen-bond donors (Lipinski definition) is 2. The van der Waals surface area contributed by atoms with Crippen LogP contribution in [-0.4, -0.2) is 35.7 Å². The molecule has 7 nitrogen and oxygen atoms in total. The molecule has 1 aromatic rings. The Balaban J connectivity index is 2.12. The second-order valence-corrected chi connectivity index (χ2v) is 4.90. The van der Waals surface area contributed by atoms with E-state index in [2.05, 4.69) is 15.6 Å². The first-order valence-corrected chi connectivity index (χ1v) is 6.82. The second-order valence-electron chi connectivity index (χ2n) is 4.90. The molecule has 110 valence electrons. The summed E-state index contributed by atoms with van der Waals surface area (Å²) < 4.78 is 5.32. The summed E-state index contributed by atoms with van der Waals surface area (Å²) in [5, 5.41) is 17.2. The van der Waals surface area contributed by atoms with Crippen LogP contribution in [0.4, 0.5) is 17.3 Å². The summed E-state index contributed by atoms with van der Waals surface area (Å²) >= 11 is 0. The average molecular weight is 280 g/mol. The van der Waals surface area contributed by atoms with Crippen molar-refractivity contribution in [1.29, 1.82) is 0 Å². The van der Waals surface area contributed by atoms with E-state index in [4.69, 9.17) is 4.74 Å². The summed E-state index contributed by atoms with van der Waals surface area (Å²) in [6.07, 6.45) is 3.15. The fraction of sp³-hybridized carbons (Fsp3) is 0.615. The second kappa shape index (κ2) is 6.51. The highest BCUT2D eigenvalue weighted by atomic mass is 16.6. The number of hydrogen-bond acceptors (Lipinski definition) is 6. The number of aromatic nitrogens is 1. The van der Waals surface area contributed by atoms with E-state index in [1.807, 2.05) is 6.92 Å². The molecule has 0 amide bonds. The lowest BCUT2D eigenvalue weighted by atomic mass is 10.2. The van der Waals surface area contributed by atoms with Crippen molar-refractivity contribution in [1.82, 2.24) is 4.98 Å². The molecule has 0 spiro atoms. The van der Waals surface area contributed by atoms with Crippen LogP contribution in [-0.2, 0) is 4.74 Å². The summed E-state index contributed by atoms with van der Waals surface area (Å²) in [4.78, 5) is 14.9. The van der Waals surface area contributed by atoms with Gasteiger partial charge in [0, 0.05) is 19.7 Å². The van der Waals surface area contributed by atoms with Crippen LogP contribution in [0.3, 0.4) is 0 Å². The van der Waals surface area contributed by atoms with Crippen molar-refractivity contribution in [2.45, 2.75) is 38.3 Å². The lowest BCUT2D eigenvalue weighted by molar-refractivity contribution is -0.384. The topological polar surface area (TPSA) is 89.3 Å². The van der Waals surface area contributed by atoms with Gasteiger partial charge in [-0.2, -0.15) is 0 Å². The van der Waals surface area contributed by atoms with Crippen LogP contribution in [0, 0.1) is 10.1 Å². The Bertz CT molecular complexity index is 481. The molecule has 1 saturated carbocycles. The Morgan fingerprint density at radius 3 is 2.80 bits per heavy atom. The van der Waals surface area contributed by atoms with E-state index in [0.29, 0.717) is 18.2 Å². The van der Waals surface area contributed by atoms with Gasteiger partial charge < -0.3 is 15.4 Å². The van der Waals surface area contributed by atoms with Gasteiger partial charge in [-0.15, -0.1) is 0 Å². The van der Waals surface area contributed by atoms with Crippen molar-refractivity contribution in [3.63, 3.8) is 0 Å². The van der Waals surface area contributed by atoms with E-state index in [1.54, 1.807) is 7.11 Å². The lowest BCUT2D eigenvalue weighted by Gasteiger charge is -2.14. The van der Waals surface area contributed by atoms with E-state index in [1.165, 1.54) is 12.1 Å². The Kier molecular flexibility index (Phi) is 4.73. The first-order valence-electron chi connectivity index (χ1n) is 6.82. The number of methoxy groups -OCH3 is 1. The summed E-state index contributed by atoms with van der Waals surface area (Å²) in [6.45, 7) is 2.59. The van der Waals surface area contributed by atoms with Crippen LogP contribution >= 0.6 is 0 Å². The van der Waals surface area contributed by atoms with Crippen LogP contribution in [0.25, 0.3) is 0 Å². The SMILES string of the molecule is CCNc1cc([N+](=O)[O-])cc(NC2CCC(OC)C2)n1. The third-order valence-electron chi connectivity index (χ3n) is 3.45. The normalized spacial score (nSPS) is 21.7. The van der Waals surface area contributed by atoms with Crippen LogP contribution in [0.1, 0.15) is 26.2 Å². The van der Waals surface area contributed by atoms with Gasteiger partial charge >= 0.3 is 0 Å². The zero-order valence-corrected chi connectivity index (χ0v) is 11.8. The molecule has 2 unspecified atom stereocenters. The van der Waals surface area contributed by atoms with Gasteiger partial charge in [0.05, 0.1) is 23.2 Å². The summed E-state index contributed by atoms with van der Waals surface area (Å²) in [6, 6.07) is 3.17. The molecule has 1 fully saturated rings. The van der Waals surface area contributed by atoms with Crippen molar-refractivity contribution < 1.29 is 9.66 Å². The number of anilines is 2. The molecule has 1 aliphatic carbocycles. The van der Waals surface area contributed by atoms with Crippen molar-refractivity contribution in [2.75, 3.05) is 24.3 Å². The molecule has 0 aromatic carbocycles. The average Bonchev–Trinajstić information content (AvgIpc) is 2.86. The van der Waals surface area contributed by atoms with Gasteiger partial charge in [-0.05, 0) is 26.2 Å². The number of ether oxygens (including phenoxy) is 1. The number of nitrogens with zero attached hydrogens (tertiary/aromatic N) is 2. The van der Waals surface area contributed by atoms with Crippen molar-refractivity contribution in [2.24, 2.45) is 0 Å². The predicted molar refractivity (Wildman–Crippen MR) is 77.1 cm³/mol. The van der Waals surface area contributed by atoms with Crippen molar-refractivity contribution >= 4 is 17.3 Å².